The SMILES string of the molecule is NCCCN1CC[N+](CCCN)(NCCN2CCNCC2)CC1. The van der Waals surface area contributed by atoms with E-state index < -0.39 is 0 Å². The van der Waals surface area contributed by atoms with Crippen LogP contribution in [0.3, 0.4) is 0 Å². The van der Waals surface area contributed by atoms with Crippen LogP contribution in [-0.4, -0.2) is 106 Å². The first-order valence-electron chi connectivity index (χ1n) is 9.45. The predicted molar refractivity (Wildman–Crippen MR) is 96.0 cm³/mol. The van der Waals surface area contributed by atoms with Gasteiger partial charge in [0.05, 0.1) is 13.1 Å². The summed E-state index contributed by atoms with van der Waals surface area (Å²) < 4.78 is 1.04. The van der Waals surface area contributed by atoms with Gasteiger partial charge in [-0.25, -0.2) is 4.59 Å². The third-order valence-corrected chi connectivity index (χ3v) is 5.24. The number of quaternary nitrogens is 1. The molecule has 7 heteroatoms. The molecule has 0 spiro atoms. The second-order valence-corrected chi connectivity index (χ2v) is 6.94. The first-order chi connectivity index (χ1) is 11.3. The molecule has 2 aliphatic heterocycles. The lowest BCUT2D eigenvalue weighted by molar-refractivity contribution is -0.973. The van der Waals surface area contributed by atoms with E-state index in [2.05, 4.69) is 20.5 Å². The Morgan fingerprint density at radius 1 is 0.870 bits per heavy atom. The van der Waals surface area contributed by atoms with E-state index >= 15 is 0 Å². The van der Waals surface area contributed by atoms with E-state index in [1.807, 2.05) is 0 Å². The molecule has 0 atom stereocenters. The molecule has 0 amide bonds. The van der Waals surface area contributed by atoms with Crippen molar-refractivity contribution in [2.45, 2.75) is 12.8 Å². The Kier molecular flexibility index (Phi) is 8.74. The van der Waals surface area contributed by atoms with Crippen LogP contribution >= 0.6 is 0 Å². The van der Waals surface area contributed by atoms with Crippen LogP contribution in [0.1, 0.15) is 12.8 Å². The van der Waals surface area contributed by atoms with Gasteiger partial charge in [-0.1, -0.05) is 0 Å². The highest BCUT2D eigenvalue weighted by Crippen LogP contribution is 2.11. The van der Waals surface area contributed by atoms with Gasteiger partial charge in [0, 0.05) is 52.2 Å². The summed E-state index contributed by atoms with van der Waals surface area (Å²) in [4.78, 5) is 5.12. The maximum atomic E-state index is 5.77. The summed E-state index contributed by atoms with van der Waals surface area (Å²) in [6, 6.07) is 0. The number of rotatable bonds is 10. The van der Waals surface area contributed by atoms with Gasteiger partial charge in [-0.05, 0) is 26.1 Å². The molecule has 2 fully saturated rings. The fourth-order valence-corrected chi connectivity index (χ4v) is 3.66. The van der Waals surface area contributed by atoms with Crippen LogP contribution in [0.5, 0.6) is 0 Å². The number of piperazine rings is 2. The lowest BCUT2D eigenvalue weighted by Gasteiger charge is -2.44. The van der Waals surface area contributed by atoms with Gasteiger partial charge in [-0.3, -0.25) is 9.80 Å². The normalized spacial score (nSPS) is 23.2. The van der Waals surface area contributed by atoms with Gasteiger partial charge < -0.3 is 16.8 Å². The van der Waals surface area contributed by atoms with Crippen molar-refractivity contribution in [1.82, 2.24) is 20.5 Å². The second kappa shape index (κ2) is 10.6. The topological polar surface area (TPSA) is 82.6 Å². The Labute approximate surface area is 141 Å². The molecule has 0 radical (unpaired) electrons. The average molecular weight is 329 g/mol. The predicted octanol–water partition coefficient (Wildman–Crippen LogP) is -1.77. The molecular formula is C16H38N7+. The third-order valence-electron chi connectivity index (χ3n) is 5.24. The Bertz CT molecular complexity index is 299. The number of nitrogens with one attached hydrogen (secondary N) is 2. The Morgan fingerprint density at radius 2 is 1.52 bits per heavy atom. The third kappa shape index (κ3) is 6.62. The van der Waals surface area contributed by atoms with Gasteiger partial charge in [-0.2, -0.15) is 5.43 Å². The van der Waals surface area contributed by atoms with E-state index in [4.69, 9.17) is 11.5 Å². The highest BCUT2D eigenvalue weighted by Gasteiger charge is 2.32. The quantitative estimate of drug-likeness (QED) is 0.355. The second-order valence-electron chi connectivity index (χ2n) is 6.94. The Hall–Kier alpha value is -0.280. The standard InChI is InChI=1S/C16H38N7/c17-3-1-8-21-12-15-23(16-13-21,14-2-4-18)20-7-11-22-9-5-19-6-10-22/h19-20H,1-18H2/q+1. The van der Waals surface area contributed by atoms with Crippen molar-refractivity contribution in [2.75, 3.05) is 91.6 Å². The molecule has 0 unspecified atom stereocenters. The molecule has 0 bridgehead atoms. The summed E-state index contributed by atoms with van der Waals surface area (Å²) in [6.45, 7) is 15.4. The van der Waals surface area contributed by atoms with Crippen molar-refractivity contribution in [3.8, 4) is 0 Å². The van der Waals surface area contributed by atoms with Gasteiger partial charge >= 0.3 is 0 Å². The van der Waals surface area contributed by atoms with Crippen LogP contribution in [-0.2, 0) is 0 Å². The molecule has 0 aromatic carbocycles. The smallest absolute Gasteiger partial charge is 0.109 e. The number of nitrogens with zero attached hydrogens (tertiary/aromatic N) is 3. The minimum absolute atomic E-state index is 0.788. The first kappa shape index (κ1) is 19.1. The largest absolute Gasteiger partial charge is 0.330 e. The summed E-state index contributed by atoms with van der Waals surface area (Å²) in [6.07, 6.45) is 2.21. The summed E-state index contributed by atoms with van der Waals surface area (Å²) in [7, 11) is 0. The van der Waals surface area contributed by atoms with E-state index in [9.17, 15) is 0 Å². The molecule has 2 aliphatic rings. The molecule has 6 N–H and O–H groups in total. The van der Waals surface area contributed by atoms with E-state index in [0.717, 1.165) is 69.8 Å². The Morgan fingerprint density at radius 3 is 2.17 bits per heavy atom. The van der Waals surface area contributed by atoms with Gasteiger partial charge in [0.15, 0.2) is 0 Å². The van der Waals surface area contributed by atoms with Gasteiger partial charge in [-0.15, -0.1) is 0 Å². The molecule has 0 saturated carbocycles. The van der Waals surface area contributed by atoms with Crippen LogP contribution in [0.2, 0.25) is 0 Å². The molecule has 2 heterocycles. The van der Waals surface area contributed by atoms with Gasteiger partial charge in [0.2, 0.25) is 0 Å². The van der Waals surface area contributed by atoms with Crippen LogP contribution in [0.25, 0.3) is 0 Å². The molecule has 2 rings (SSSR count). The minimum Gasteiger partial charge on any atom is -0.330 e. The maximum absolute atomic E-state index is 5.77. The fourth-order valence-electron chi connectivity index (χ4n) is 3.66. The maximum Gasteiger partial charge on any atom is 0.109 e. The fraction of sp³-hybridized carbons (Fsp3) is 1.00. The van der Waals surface area contributed by atoms with Crippen molar-refractivity contribution in [3.63, 3.8) is 0 Å². The van der Waals surface area contributed by atoms with Gasteiger partial charge in [0.25, 0.3) is 0 Å². The first-order valence-corrected chi connectivity index (χ1v) is 9.45. The zero-order valence-corrected chi connectivity index (χ0v) is 14.8. The zero-order chi connectivity index (χ0) is 16.4. The lowest BCUT2D eigenvalue weighted by atomic mass is 10.2. The van der Waals surface area contributed by atoms with Crippen molar-refractivity contribution in [2.24, 2.45) is 11.5 Å². The number of nitrogens with two attached hydrogens (primary N) is 2. The lowest BCUT2D eigenvalue weighted by Crippen LogP contribution is -2.67. The molecule has 2 saturated heterocycles. The molecule has 0 aromatic rings. The summed E-state index contributed by atoms with van der Waals surface area (Å²) in [5.41, 5.74) is 15.3. The molecular weight excluding hydrogens is 290 g/mol. The van der Waals surface area contributed by atoms with Crippen molar-refractivity contribution in [1.29, 1.82) is 0 Å². The average Bonchev–Trinajstić information content (AvgIpc) is 2.60. The molecule has 7 nitrogen and oxygen atoms in total. The minimum atomic E-state index is 0.788. The molecule has 23 heavy (non-hydrogen) atoms. The molecule has 0 aliphatic carbocycles. The highest BCUT2D eigenvalue weighted by atomic mass is 15.7. The van der Waals surface area contributed by atoms with E-state index in [0.29, 0.717) is 0 Å². The molecule has 0 aromatic heterocycles. The Balaban J connectivity index is 1.74. The summed E-state index contributed by atoms with van der Waals surface area (Å²) >= 11 is 0. The van der Waals surface area contributed by atoms with Crippen molar-refractivity contribution in [3.05, 3.63) is 0 Å². The number of hydrogen-bond donors (Lipinski definition) is 4. The van der Waals surface area contributed by atoms with E-state index in [1.165, 1.54) is 39.3 Å². The van der Waals surface area contributed by atoms with Crippen LogP contribution < -0.4 is 22.2 Å². The monoisotopic (exact) mass is 328 g/mol. The van der Waals surface area contributed by atoms with E-state index in [1.54, 1.807) is 0 Å². The van der Waals surface area contributed by atoms with Crippen LogP contribution in [0, 0.1) is 0 Å². The molecule has 136 valence electrons. The summed E-state index contributed by atoms with van der Waals surface area (Å²) in [5, 5.41) is 3.42. The van der Waals surface area contributed by atoms with Gasteiger partial charge in [0.1, 0.15) is 13.1 Å². The van der Waals surface area contributed by atoms with Crippen LogP contribution in [0.15, 0.2) is 0 Å². The number of hydrogen-bond acceptors (Lipinski definition) is 6. The van der Waals surface area contributed by atoms with Crippen molar-refractivity contribution < 1.29 is 4.59 Å². The zero-order valence-electron chi connectivity index (χ0n) is 14.8. The highest BCUT2D eigenvalue weighted by molar-refractivity contribution is 4.68. The van der Waals surface area contributed by atoms with Crippen LogP contribution in [0.4, 0.5) is 0 Å². The van der Waals surface area contributed by atoms with E-state index in [-0.39, 0.29) is 0 Å². The summed E-state index contributed by atoms with van der Waals surface area (Å²) in [5.74, 6) is 0. The van der Waals surface area contributed by atoms with Crippen molar-refractivity contribution >= 4 is 0 Å².